The summed E-state index contributed by atoms with van der Waals surface area (Å²) in [5.41, 5.74) is 2.52. The third kappa shape index (κ3) is 7.24. The number of benzene rings is 1. The number of guanidine groups is 1. The molecule has 6 nitrogen and oxygen atoms in total. The van der Waals surface area contributed by atoms with E-state index in [0.29, 0.717) is 13.0 Å². The molecule has 2 aliphatic heterocycles. The predicted molar refractivity (Wildman–Crippen MR) is 135 cm³/mol. The first kappa shape index (κ1) is 24.1. The number of halogens is 1. The number of thioether (sulfide) groups is 1. The number of aliphatic imine (C=N–C) groups is 1. The fraction of sp³-hybridized carbons (Fsp3) is 0.619. The highest BCUT2D eigenvalue weighted by Crippen LogP contribution is 2.20. The van der Waals surface area contributed by atoms with Crippen LogP contribution in [0.25, 0.3) is 0 Å². The van der Waals surface area contributed by atoms with E-state index in [9.17, 15) is 4.79 Å². The van der Waals surface area contributed by atoms with Crippen LogP contribution >= 0.6 is 35.7 Å². The van der Waals surface area contributed by atoms with Crippen molar-refractivity contribution in [2.45, 2.75) is 39.3 Å². The second-order valence-corrected chi connectivity index (χ2v) is 8.51. The smallest absolute Gasteiger partial charge is 0.222 e. The first-order chi connectivity index (χ1) is 13.7. The second kappa shape index (κ2) is 12.5. The van der Waals surface area contributed by atoms with Gasteiger partial charge in [-0.05, 0) is 31.0 Å². The molecule has 0 spiro atoms. The molecule has 1 atom stereocenters. The summed E-state index contributed by atoms with van der Waals surface area (Å²) >= 11 is 2.03. The summed E-state index contributed by atoms with van der Waals surface area (Å²) in [5.74, 6) is 3.49. The van der Waals surface area contributed by atoms with Crippen molar-refractivity contribution in [2.24, 2.45) is 4.99 Å². The van der Waals surface area contributed by atoms with Crippen molar-refractivity contribution in [3.05, 3.63) is 29.8 Å². The topological polar surface area (TPSA) is 60.0 Å². The number of nitrogens with zero attached hydrogens (tertiary/aromatic N) is 3. The zero-order chi connectivity index (χ0) is 19.8. The highest BCUT2D eigenvalue weighted by atomic mass is 127. The summed E-state index contributed by atoms with van der Waals surface area (Å²) < 4.78 is 0. The summed E-state index contributed by atoms with van der Waals surface area (Å²) in [7, 11) is 0. The van der Waals surface area contributed by atoms with Gasteiger partial charge in [0.05, 0.1) is 6.54 Å². The molecule has 2 heterocycles. The molecule has 1 aromatic rings. The Morgan fingerprint density at radius 3 is 2.55 bits per heavy atom. The normalized spacial score (nSPS) is 19.7. The van der Waals surface area contributed by atoms with E-state index in [-0.39, 0.29) is 35.9 Å². The highest BCUT2D eigenvalue weighted by molar-refractivity contribution is 14.0. The summed E-state index contributed by atoms with van der Waals surface area (Å²) in [5, 5.41) is 6.82. The predicted octanol–water partition coefficient (Wildman–Crippen LogP) is 2.92. The minimum atomic E-state index is 0. The van der Waals surface area contributed by atoms with Crippen molar-refractivity contribution in [3.63, 3.8) is 0 Å². The Bertz CT molecular complexity index is 664. The number of carbonyl (C=O) groups excluding carboxylic acids is 1. The maximum atomic E-state index is 11.9. The molecule has 2 fully saturated rings. The molecule has 0 aromatic heterocycles. The molecule has 2 saturated heterocycles. The Morgan fingerprint density at radius 1 is 1.17 bits per heavy atom. The van der Waals surface area contributed by atoms with Crippen LogP contribution in [0.1, 0.15) is 32.3 Å². The summed E-state index contributed by atoms with van der Waals surface area (Å²) in [6.07, 6.45) is 1.55. The van der Waals surface area contributed by atoms with E-state index in [1.165, 1.54) is 22.8 Å². The van der Waals surface area contributed by atoms with Crippen molar-refractivity contribution in [3.8, 4) is 0 Å². The van der Waals surface area contributed by atoms with Crippen molar-refractivity contribution in [2.75, 3.05) is 49.1 Å². The lowest BCUT2D eigenvalue weighted by Crippen LogP contribution is -2.45. The molecule has 0 radical (unpaired) electrons. The molecule has 3 rings (SSSR count). The zero-order valence-corrected chi connectivity index (χ0v) is 20.7. The average molecular weight is 532 g/mol. The zero-order valence-electron chi connectivity index (χ0n) is 17.5. The standard InChI is InChI=1S/C21H33N5OS.HI/c1-3-20(27)26-10-9-18(16-26)24-21(22-4-2)23-15-17-5-7-19(8-6-17)25-11-13-28-14-12-25;/h5-8,18H,3-4,9-16H2,1-2H3,(H2,22,23,24);1H. The molecule has 162 valence electrons. The van der Waals surface area contributed by atoms with E-state index in [4.69, 9.17) is 4.99 Å². The number of amides is 1. The number of likely N-dealkylation sites (tertiary alicyclic amines) is 1. The monoisotopic (exact) mass is 531 g/mol. The number of rotatable bonds is 6. The molecular weight excluding hydrogens is 497 g/mol. The molecule has 0 bridgehead atoms. The van der Waals surface area contributed by atoms with Gasteiger partial charge in [0, 0.05) is 62.4 Å². The van der Waals surface area contributed by atoms with Crippen LogP contribution in [-0.4, -0.2) is 67.0 Å². The molecule has 8 heteroatoms. The maximum absolute atomic E-state index is 11.9. The number of anilines is 1. The summed E-state index contributed by atoms with van der Waals surface area (Å²) in [6, 6.07) is 9.06. The Morgan fingerprint density at radius 2 is 1.90 bits per heavy atom. The Hall–Kier alpha value is -1.16. The highest BCUT2D eigenvalue weighted by Gasteiger charge is 2.25. The van der Waals surface area contributed by atoms with Crippen molar-refractivity contribution in [1.82, 2.24) is 15.5 Å². The van der Waals surface area contributed by atoms with E-state index in [0.717, 1.165) is 45.1 Å². The van der Waals surface area contributed by atoms with Crippen molar-refractivity contribution >= 4 is 53.3 Å². The van der Waals surface area contributed by atoms with Crippen LogP contribution < -0.4 is 15.5 Å². The van der Waals surface area contributed by atoms with Crippen LogP contribution in [0.2, 0.25) is 0 Å². The quantitative estimate of drug-likeness (QED) is 0.336. The van der Waals surface area contributed by atoms with E-state index < -0.39 is 0 Å². The second-order valence-electron chi connectivity index (χ2n) is 7.28. The third-order valence-corrected chi connectivity index (χ3v) is 6.20. The lowest BCUT2D eigenvalue weighted by molar-refractivity contribution is -0.129. The van der Waals surface area contributed by atoms with Gasteiger partial charge in [0.25, 0.3) is 0 Å². The van der Waals surface area contributed by atoms with Gasteiger partial charge in [-0.25, -0.2) is 4.99 Å². The van der Waals surface area contributed by atoms with Crippen molar-refractivity contribution < 1.29 is 4.79 Å². The van der Waals surface area contributed by atoms with Gasteiger partial charge < -0.3 is 20.4 Å². The lowest BCUT2D eigenvalue weighted by Gasteiger charge is -2.28. The summed E-state index contributed by atoms with van der Waals surface area (Å²) in [6.45, 7) is 9.33. The molecular formula is C21H34IN5OS. The summed E-state index contributed by atoms with van der Waals surface area (Å²) in [4.78, 5) is 21.0. The lowest BCUT2D eigenvalue weighted by atomic mass is 10.2. The fourth-order valence-electron chi connectivity index (χ4n) is 3.65. The van der Waals surface area contributed by atoms with E-state index >= 15 is 0 Å². The van der Waals surface area contributed by atoms with Gasteiger partial charge in [0.1, 0.15) is 0 Å². The van der Waals surface area contributed by atoms with Crippen LogP contribution in [-0.2, 0) is 11.3 Å². The van der Waals surface area contributed by atoms with Gasteiger partial charge in [-0.2, -0.15) is 11.8 Å². The van der Waals surface area contributed by atoms with E-state index in [2.05, 4.69) is 46.7 Å². The van der Waals surface area contributed by atoms with E-state index in [1.54, 1.807) is 0 Å². The minimum absolute atomic E-state index is 0. The average Bonchev–Trinajstić information content (AvgIpc) is 3.21. The molecule has 1 unspecified atom stereocenters. The number of hydrogen-bond acceptors (Lipinski definition) is 4. The van der Waals surface area contributed by atoms with Gasteiger partial charge in [-0.3, -0.25) is 4.79 Å². The molecule has 1 aromatic carbocycles. The SMILES string of the molecule is CCNC(=NCc1ccc(N2CCSCC2)cc1)NC1CCN(C(=O)CC)C1.I. The molecule has 29 heavy (non-hydrogen) atoms. The van der Waals surface area contributed by atoms with Crippen LogP contribution in [0, 0.1) is 0 Å². The van der Waals surface area contributed by atoms with Gasteiger partial charge in [0.15, 0.2) is 5.96 Å². The van der Waals surface area contributed by atoms with Crippen LogP contribution in [0.4, 0.5) is 5.69 Å². The van der Waals surface area contributed by atoms with Gasteiger partial charge in [0.2, 0.25) is 5.91 Å². The minimum Gasteiger partial charge on any atom is -0.370 e. The van der Waals surface area contributed by atoms with Crippen LogP contribution in [0.5, 0.6) is 0 Å². The third-order valence-electron chi connectivity index (χ3n) is 5.26. The molecule has 0 aliphatic carbocycles. The van der Waals surface area contributed by atoms with Crippen molar-refractivity contribution in [1.29, 1.82) is 0 Å². The Balaban J connectivity index is 0.00000300. The number of carbonyl (C=O) groups is 1. The van der Waals surface area contributed by atoms with Gasteiger partial charge in [-0.15, -0.1) is 24.0 Å². The fourth-order valence-corrected chi connectivity index (χ4v) is 4.55. The first-order valence-electron chi connectivity index (χ1n) is 10.4. The van der Waals surface area contributed by atoms with Crippen LogP contribution in [0.15, 0.2) is 29.3 Å². The number of nitrogens with one attached hydrogen (secondary N) is 2. The molecule has 1 amide bonds. The number of hydrogen-bond donors (Lipinski definition) is 2. The van der Waals surface area contributed by atoms with Crippen LogP contribution in [0.3, 0.4) is 0 Å². The van der Waals surface area contributed by atoms with E-state index in [1.807, 2.05) is 23.6 Å². The Labute approximate surface area is 196 Å². The first-order valence-corrected chi connectivity index (χ1v) is 11.6. The molecule has 2 aliphatic rings. The van der Waals surface area contributed by atoms with Gasteiger partial charge in [-0.1, -0.05) is 19.1 Å². The molecule has 0 saturated carbocycles. The van der Waals surface area contributed by atoms with Gasteiger partial charge >= 0.3 is 0 Å². The molecule has 2 N–H and O–H groups in total. The largest absolute Gasteiger partial charge is 0.370 e. The Kier molecular flexibility index (Phi) is 10.4. The maximum Gasteiger partial charge on any atom is 0.222 e.